The van der Waals surface area contributed by atoms with Gasteiger partial charge in [-0.1, -0.05) is 91.0 Å². The first-order valence-corrected chi connectivity index (χ1v) is 9.25. The van der Waals surface area contributed by atoms with Gasteiger partial charge in [-0.2, -0.15) is 0 Å². The van der Waals surface area contributed by atoms with Gasteiger partial charge < -0.3 is 0 Å². The van der Waals surface area contributed by atoms with E-state index in [2.05, 4.69) is 5.32 Å². The van der Waals surface area contributed by atoms with Crippen molar-refractivity contribution in [2.24, 2.45) is 0 Å². The van der Waals surface area contributed by atoms with Crippen LogP contribution in [0.3, 0.4) is 0 Å². The van der Waals surface area contributed by atoms with Gasteiger partial charge in [-0.25, -0.2) is 0 Å². The zero-order valence-corrected chi connectivity index (χ0v) is 15.1. The minimum atomic E-state index is -0.942. The normalized spacial score (nSPS) is 24.0. The molecule has 5 nitrogen and oxygen atoms in total. The van der Waals surface area contributed by atoms with Crippen LogP contribution in [0.2, 0.25) is 0 Å². The molecule has 4 atom stereocenters. The summed E-state index contributed by atoms with van der Waals surface area (Å²) >= 11 is 0. The summed E-state index contributed by atoms with van der Waals surface area (Å²) in [4.78, 5) is 25.2. The van der Waals surface area contributed by atoms with Crippen molar-refractivity contribution in [1.29, 1.82) is 0 Å². The van der Waals surface area contributed by atoms with Crippen molar-refractivity contribution in [3.8, 4) is 0 Å². The Morgan fingerprint density at radius 1 is 0.786 bits per heavy atom. The van der Waals surface area contributed by atoms with Gasteiger partial charge in [0, 0.05) is 10.5 Å². The number of ketones is 1. The number of hydrogen-bond acceptors (Lipinski definition) is 4. The number of nitrogens with zero attached hydrogens (tertiary/aromatic N) is 1. The molecule has 1 aliphatic heterocycles. The topological polar surface area (TPSA) is 72.2 Å². The minimum Gasteiger partial charge on any atom is -0.294 e. The SMILES string of the molecule is O=C(c1ccccc1)[C@@H]1N[C@H](c2ccccc2)[C@@H]([N+](=O)[O-])[C@@H]1c1ccccc1. The van der Waals surface area contributed by atoms with Gasteiger partial charge >= 0.3 is 0 Å². The summed E-state index contributed by atoms with van der Waals surface area (Å²) in [5, 5.41) is 15.4. The number of nitrogens with one attached hydrogen (secondary N) is 1. The molecule has 1 saturated heterocycles. The molecular formula is C23H20N2O3. The van der Waals surface area contributed by atoms with E-state index in [-0.39, 0.29) is 10.7 Å². The summed E-state index contributed by atoms with van der Waals surface area (Å²) < 4.78 is 0. The second-order valence-electron chi connectivity index (χ2n) is 6.98. The molecule has 3 aromatic carbocycles. The van der Waals surface area contributed by atoms with E-state index in [0.29, 0.717) is 5.56 Å². The predicted molar refractivity (Wildman–Crippen MR) is 107 cm³/mol. The van der Waals surface area contributed by atoms with E-state index in [9.17, 15) is 14.9 Å². The van der Waals surface area contributed by atoms with Crippen LogP contribution in [0.5, 0.6) is 0 Å². The maximum atomic E-state index is 13.3. The summed E-state index contributed by atoms with van der Waals surface area (Å²) in [6, 6.07) is 25.4. The standard InChI is InChI=1S/C23H20N2O3/c26-23(18-14-8-3-9-15-18)21-19(16-10-4-1-5-11-16)22(25(27)28)20(24-21)17-12-6-2-7-13-17/h1-15,19-22,24H/t19-,20-,21-,22+/m1/s1. The van der Waals surface area contributed by atoms with Gasteiger partial charge in [-0.05, 0) is 11.1 Å². The van der Waals surface area contributed by atoms with Crippen LogP contribution in [0.4, 0.5) is 0 Å². The lowest BCUT2D eigenvalue weighted by Crippen LogP contribution is -2.36. The largest absolute Gasteiger partial charge is 0.294 e. The fourth-order valence-electron chi connectivity index (χ4n) is 4.09. The van der Waals surface area contributed by atoms with Crippen molar-refractivity contribution < 1.29 is 9.72 Å². The van der Waals surface area contributed by atoms with Gasteiger partial charge in [0.2, 0.25) is 6.04 Å². The van der Waals surface area contributed by atoms with Crippen molar-refractivity contribution in [2.45, 2.75) is 24.0 Å². The van der Waals surface area contributed by atoms with Crippen molar-refractivity contribution in [2.75, 3.05) is 0 Å². The van der Waals surface area contributed by atoms with Gasteiger partial charge in [0.05, 0.1) is 12.0 Å². The van der Waals surface area contributed by atoms with Gasteiger partial charge in [-0.3, -0.25) is 20.2 Å². The zero-order chi connectivity index (χ0) is 19.5. The molecule has 0 aliphatic carbocycles. The van der Waals surface area contributed by atoms with Gasteiger partial charge in [0.25, 0.3) is 0 Å². The Bertz CT molecular complexity index is 961. The molecule has 0 aromatic heterocycles. The molecule has 0 amide bonds. The van der Waals surface area contributed by atoms with Gasteiger partial charge in [-0.15, -0.1) is 0 Å². The van der Waals surface area contributed by atoms with E-state index < -0.39 is 24.0 Å². The maximum absolute atomic E-state index is 13.3. The summed E-state index contributed by atoms with van der Waals surface area (Å²) in [6.07, 6.45) is 0. The first-order valence-electron chi connectivity index (χ1n) is 9.25. The van der Waals surface area contributed by atoms with E-state index in [1.54, 1.807) is 24.3 Å². The van der Waals surface area contributed by atoms with E-state index in [1.807, 2.05) is 66.7 Å². The van der Waals surface area contributed by atoms with Crippen LogP contribution < -0.4 is 5.32 Å². The molecule has 140 valence electrons. The third kappa shape index (κ3) is 3.32. The molecule has 0 unspecified atom stereocenters. The lowest BCUT2D eigenvalue weighted by Gasteiger charge is -2.20. The van der Waals surface area contributed by atoms with Gasteiger partial charge in [0.15, 0.2) is 5.78 Å². The van der Waals surface area contributed by atoms with Crippen molar-refractivity contribution in [3.63, 3.8) is 0 Å². The highest BCUT2D eigenvalue weighted by atomic mass is 16.6. The molecule has 0 bridgehead atoms. The third-order valence-electron chi connectivity index (χ3n) is 5.36. The summed E-state index contributed by atoms with van der Waals surface area (Å²) in [5.74, 6) is -0.686. The molecular weight excluding hydrogens is 352 g/mol. The van der Waals surface area contributed by atoms with E-state index in [0.717, 1.165) is 11.1 Å². The van der Waals surface area contributed by atoms with Crippen LogP contribution in [0.25, 0.3) is 0 Å². The van der Waals surface area contributed by atoms with Crippen molar-refractivity contribution in [3.05, 3.63) is 118 Å². The average molecular weight is 372 g/mol. The zero-order valence-electron chi connectivity index (χ0n) is 15.1. The molecule has 0 saturated carbocycles. The van der Waals surface area contributed by atoms with Crippen LogP contribution in [0.1, 0.15) is 33.4 Å². The molecule has 0 spiro atoms. The number of Topliss-reactive ketones (excluding diaryl/α,β-unsaturated/α-hetero) is 1. The van der Waals surface area contributed by atoms with Crippen molar-refractivity contribution >= 4 is 5.78 Å². The second-order valence-corrected chi connectivity index (χ2v) is 6.98. The summed E-state index contributed by atoms with van der Waals surface area (Å²) in [5.41, 5.74) is 2.16. The first kappa shape index (κ1) is 18.1. The summed E-state index contributed by atoms with van der Waals surface area (Å²) in [7, 11) is 0. The Morgan fingerprint density at radius 2 is 1.29 bits per heavy atom. The van der Waals surface area contributed by atoms with Gasteiger partial charge in [0.1, 0.15) is 6.04 Å². The molecule has 1 aliphatic rings. The molecule has 1 N–H and O–H groups in total. The van der Waals surface area contributed by atoms with Crippen LogP contribution in [0, 0.1) is 10.1 Å². The van der Waals surface area contributed by atoms with Crippen LogP contribution in [-0.4, -0.2) is 22.8 Å². The van der Waals surface area contributed by atoms with E-state index in [1.165, 1.54) is 0 Å². The highest BCUT2D eigenvalue weighted by Crippen LogP contribution is 2.41. The van der Waals surface area contributed by atoms with Crippen molar-refractivity contribution in [1.82, 2.24) is 5.32 Å². The smallest absolute Gasteiger partial charge is 0.241 e. The Morgan fingerprint density at radius 3 is 1.82 bits per heavy atom. The fourth-order valence-corrected chi connectivity index (χ4v) is 4.09. The predicted octanol–water partition coefficient (Wildman–Crippen LogP) is 4.01. The average Bonchev–Trinajstić information content (AvgIpc) is 3.16. The number of nitro groups is 1. The molecule has 4 rings (SSSR count). The van der Waals surface area contributed by atoms with Crippen LogP contribution in [-0.2, 0) is 0 Å². The Kier molecular flexibility index (Phi) is 5.00. The van der Waals surface area contributed by atoms with E-state index >= 15 is 0 Å². The number of hydrogen-bond donors (Lipinski definition) is 1. The molecule has 3 aromatic rings. The molecule has 1 fully saturated rings. The Labute approximate surface area is 163 Å². The van der Waals surface area contributed by atoms with Crippen LogP contribution >= 0.6 is 0 Å². The van der Waals surface area contributed by atoms with E-state index in [4.69, 9.17) is 0 Å². The monoisotopic (exact) mass is 372 g/mol. The molecule has 0 radical (unpaired) electrons. The lowest BCUT2D eigenvalue weighted by atomic mass is 9.83. The molecule has 5 heteroatoms. The lowest BCUT2D eigenvalue weighted by molar-refractivity contribution is -0.527. The minimum absolute atomic E-state index is 0.125. The van der Waals surface area contributed by atoms with Crippen LogP contribution in [0.15, 0.2) is 91.0 Å². The highest BCUT2D eigenvalue weighted by Gasteiger charge is 2.54. The summed E-state index contributed by atoms with van der Waals surface area (Å²) in [6.45, 7) is 0. The first-order chi connectivity index (χ1) is 13.7. The second kappa shape index (κ2) is 7.74. The fraction of sp³-hybridized carbons (Fsp3) is 0.174. The Hall–Kier alpha value is -3.31. The Balaban J connectivity index is 1.81. The number of carbonyl (C=O) groups excluding carboxylic acids is 1. The number of benzene rings is 3. The number of rotatable bonds is 5. The maximum Gasteiger partial charge on any atom is 0.241 e. The molecule has 1 heterocycles. The number of carbonyl (C=O) groups is 1. The quantitative estimate of drug-likeness (QED) is 0.417. The highest BCUT2D eigenvalue weighted by molar-refractivity contribution is 6.01. The third-order valence-corrected chi connectivity index (χ3v) is 5.36. The molecule has 28 heavy (non-hydrogen) atoms.